The van der Waals surface area contributed by atoms with E-state index in [2.05, 4.69) is 4.98 Å². The van der Waals surface area contributed by atoms with E-state index in [0.29, 0.717) is 5.39 Å². The van der Waals surface area contributed by atoms with Crippen molar-refractivity contribution in [2.45, 2.75) is 6.18 Å². The van der Waals surface area contributed by atoms with Gasteiger partial charge in [-0.25, -0.2) is 0 Å². The highest BCUT2D eigenvalue weighted by molar-refractivity contribution is 7.80. The first-order valence-electron chi connectivity index (χ1n) is 4.66. The maximum absolute atomic E-state index is 12.8. The lowest BCUT2D eigenvalue weighted by molar-refractivity contribution is -0.136. The summed E-state index contributed by atoms with van der Waals surface area (Å²) in [5.74, 6) is 0. The van der Waals surface area contributed by atoms with E-state index in [1.54, 1.807) is 0 Å². The third-order valence-electron chi connectivity index (χ3n) is 2.34. The summed E-state index contributed by atoms with van der Waals surface area (Å²) in [5, 5.41) is 0.368. The summed E-state index contributed by atoms with van der Waals surface area (Å²) in [7, 11) is 0. The summed E-state index contributed by atoms with van der Waals surface area (Å²) in [6, 6.07) is 5.16. The maximum atomic E-state index is 12.8. The van der Waals surface area contributed by atoms with Crippen LogP contribution < -0.4 is 5.73 Å². The van der Waals surface area contributed by atoms with Gasteiger partial charge in [-0.05, 0) is 17.5 Å². The number of hydrogen-bond acceptors (Lipinski definition) is 2. The number of nitrogens with two attached hydrogens (primary N) is 1. The Bertz CT molecular complexity index is 593. The van der Waals surface area contributed by atoms with Gasteiger partial charge < -0.3 is 5.73 Å². The second-order valence-electron chi connectivity index (χ2n) is 3.42. The van der Waals surface area contributed by atoms with Crippen molar-refractivity contribution in [1.29, 1.82) is 0 Å². The average Bonchev–Trinajstić information content (AvgIpc) is 2.26. The van der Waals surface area contributed by atoms with Crippen LogP contribution in [0.15, 0.2) is 30.5 Å². The van der Waals surface area contributed by atoms with E-state index >= 15 is 0 Å². The molecule has 0 aliphatic heterocycles. The van der Waals surface area contributed by atoms with Crippen LogP contribution in [0.4, 0.5) is 13.2 Å². The molecule has 0 spiro atoms. The van der Waals surface area contributed by atoms with Gasteiger partial charge in [0.15, 0.2) is 0 Å². The quantitative estimate of drug-likeness (QED) is 0.797. The third-order valence-corrected chi connectivity index (χ3v) is 2.54. The van der Waals surface area contributed by atoms with Crippen molar-refractivity contribution in [2.24, 2.45) is 5.73 Å². The molecule has 0 bridgehead atoms. The van der Waals surface area contributed by atoms with E-state index in [9.17, 15) is 13.2 Å². The van der Waals surface area contributed by atoms with Crippen molar-refractivity contribution in [1.82, 2.24) is 4.98 Å². The van der Waals surface area contributed by atoms with Gasteiger partial charge in [-0.15, -0.1) is 0 Å². The van der Waals surface area contributed by atoms with E-state index in [4.69, 9.17) is 18.0 Å². The van der Waals surface area contributed by atoms with E-state index in [-0.39, 0.29) is 16.1 Å². The minimum absolute atomic E-state index is 0.0186. The largest absolute Gasteiger partial charge is 0.417 e. The molecular weight excluding hydrogens is 249 g/mol. The standard InChI is InChI=1S/C11H7F3N2S/c12-11(13,14)8-3-1-2-7-6(8)4-5-16-9(7)10(15)17/h1-5H,(H2,15,17). The highest BCUT2D eigenvalue weighted by Gasteiger charge is 2.32. The lowest BCUT2D eigenvalue weighted by atomic mass is 10.0. The average molecular weight is 256 g/mol. The Kier molecular flexibility index (Phi) is 2.74. The van der Waals surface area contributed by atoms with Gasteiger partial charge in [0.05, 0.1) is 5.56 Å². The van der Waals surface area contributed by atoms with Crippen molar-refractivity contribution in [2.75, 3.05) is 0 Å². The van der Waals surface area contributed by atoms with Crippen molar-refractivity contribution in [3.8, 4) is 0 Å². The van der Waals surface area contributed by atoms with Gasteiger partial charge in [0.1, 0.15) is 10.7 Å². The van der Waals surface area contributed by atoms with Crippen LogP contribution in [0.2, 0.25) is 0 Å². The number of alkyl halides is 3. The minimum atomic E-state index is -4.41. The number of aromatic nitrogens is 1. The molecule has 0 unspecified atom stereocenters. The van der Waals surface area contributed by atoms with E-state index in [1.807, 2.05) is 0 Å². The molecule has 0 aliphatic carbocycles. The number of benzene rings is 1. The van der Waals surface area contributed by atoms with Crippen molar-refractivity contribution < 1.29 is 13.2 Å². The Morgan fingerprint density at radius 2 is 1.88 bits per heavy atom. The molecule has 2 N–H and O–H groups in total. The monoisotopic (exact) mass is 256 g/mol. The zero-order valence-electron chi connectivity index (χ0n) is 8.45. The molecule has 0 fully saturated rings. The SMILES string of the molecule is NC(=S)c1nccc2c(C(F)(F)F)cccc12. The fourth-order valence-corrected chi connectivity index (χ4v) is 1.81. The summed E-state index contributed by atoms with van der Waals surface area (Å²) in [6.07, 6.45) is -3.14. The molecular formula is C11H7F3N2S. The number of fused-ring (bicyclic) bond motifs is 1. The summed E-state index contributed by atoms with van der Waals surface area (Å²) in [6.45, 7) is 0. The van der Waals surface area contributed by atoms with Gasteiger partial charge in [0, 0.05) is 11.6 Å². The summed E-state index contributed by atoms with van der Waals surface area (Å²) in [5.41, 5.74) is 4.93. The van der Waals surface area contributed by atoms with Crippen LogP contribution in [0.3, 0.4) is 0 Å². The normalized spacial score (nSPS) is 11.7. The molecule has 2 aromatic rings. The zero-order valence-corrected chi connectivity index (χ0v) is 9.27. The van der Waals surface area contributed by atoms with Crippen LogP contribution >= 0.6 is 12.2 Å². The molecule has 88 valence electrons. The maximum Gasteiger partial charge on any atom is 0.417 e. The van der Waals surface area contributed by atoms with Gasteiger partial charge in [0.25, 0.3) is 0 Å². The number of halogens is 3. The first-order chi connectivity index (χ1) is 7.91. The number of rotatable bonds is 1. The molecule has 0 radical (unpaired) electrons. The number of nitrogens with zero attached hydrogens (tertiary/aromatic N) is 1. The number of thiocarbonyl (C=S) groups is 1. The summed E-state index contributed by atoms with van der Waals surface area (Å²) in [4.78, 5) is 3.88. The number of pyridine rings is 1. The Morgan fingerprint density at radius 1 is 1.18 bits per heavy atom. The molecule has 1 heterocycles. The second kappa shape index (κ2) is 3.96. The lowest BCUT2D eigenvalue weighted by Crippen LogP contribution is -2.13. The Balaban J connectivity index is 2.84. The van der Waals surface area contributed by atoms with Gasteiger partial charge in [-0.1, -0.05) is 24.4 Å². The molecule has 6 heteroatoms. The fraction of sp³-hybridized carbons (Fsp3) is 0.0909. The van der Waals surface area contributed by atoms with Crippen LogP contribution in [0.25, 0.3) is 10.8 Å². The number of hydrogen-bond donors (Lipinski definition) is 1. The van der Waals surface area contributed by atoms with Crippen molar-refractivity contribution >= 4 is 28.0 Å². The van der Waals surface area contributed by atoms with Crippen molar-refractivity contribution in [3.63, 3.8) is 0 Å². The smallest absolute Gasteiger partial charge is 0.388 e. The fourth-order valence-electron chi connectivity index (χ4n) is 1.65. The molecule has 1 aromatic carbocycles. The van der Waals surface area contributed by atoms with Crippen LogP contribution in [0.5, 0.6) is 0 Å². The molecule has 17 heavy (non-hydrogen) atoms. The molecule has 0 atom stereocenters. The van der Waals surface area contributed by atoms with Crippen LogP contribution in [-0.4, -0.2) is 9.97 Å². The van der Waals surface area contributed by atoms with Crippen LogP contribution in [-0.2, 0) is 6.18 Å². The zero-order chi connectivity index (χ0) is 12.6. The van der Waals surface area contributed by atoms with Gasteiger partial charge in [0.2, 0.25) is 0 Å². The lowest BCUT2D eigenvalue weighted by Gasteiger charge is -2.11. The van der Waals surface area contributed by atoms with Crippen LogP contribution in [0, 0.1) is 0 Å². The first-order valence-corrected chi connectivity index (χ1v) is 5.07. The Hall–Kier alpha value is -1.69. The summed E-state index contributed by atoms with van der Waals surface area (Å²) >= 11 is 4.76. The highest BCUT2D eigenvalue weighted by atomic mass is 32.1. The van der Waals surface area contributed by atoms with E-state index < -0.39 is 11.7 Å². The molecule has 0 aliphatic rings. The molecule has 0 saturated carbocycles. The topological polar surface area (TPSA) is 38.9 Å². The first kappa shape index (κ1) is 11.8. The second-order valence-corrected chi connectivity index (χ2v) is 3.86. The van der Waals surface area contributed by atoms with Gasteiger partial charge in [-0.2, -0.15) is 13.2 Å². The van der Waals surface area contributed by atoms with E-state index in [0.717, 1.165) is 6.07 Å². The van der Waals surface area contributed by atoms with Crippen molar-refractivity contribution in [3.05, 3.63) is 41.7 Å². The molecule has 2 rings (SSSR count). The molecule has 1 aromatic heterocycles. The predicted molar refractivity (Wildman–Crippen MR) is 62.6 cm³/mol. The van der Waals surface area contributed by atoms with Gasteiger partial charge in [-0.3, -0.25) is 4.98 Å². The summed E-state index contributed by atoms with van der Waals surface area (Å²) < 4.78 is 38.3. The molecule has 0 amide bonds. The Labute approximate surface area is 100 Å². The highest BCUT2D eigenvalue weighted by Crippen LogP contribution is 2.35. The van der Waals surface area contributed by atoms with E-state index in [1.165, 1.54) is 24.4 Å². The third kappa shape index (κ3) is 2.08. The predicted octanol–water partition coefficient (Wildman–Crippen LogP) is 2.89. The van der Waals surface area contributed by atoms with Crippen LogP contribution in [0.1, 0.15) is 11.3 Å². The molecule has 0 saturated heterocycles. The minimum Gasteiger partial charge on any atom is -0.388 e. The molecule has 2 nitrogen and oxygen atoms in total. The Morgan fingerprint density at radius 3 is 2.47 bits per heavy atom. The van der Waals surface area contributed by atoms with Gasteiger partial charge >= 0.3 is 6.18 Å².